The standard InChI is InChI=1S/C17H16ClNO3S/c1-10(14-6-7-15(18)23-14)16(20)19-9-8-12(17(21)22)11-4-2-3-5-13(11)19/h2-7,10,12H,8-9H2,1H3,(H,21,22). The van der Waals surface area contributed by atoms with E-state index in [1.165, 1.54) is 11.3 Å². The number of amides is 1. The Kier molecular flexibility index (Phi) is 4.41. The summed E-state index contributed by atoms with van der Waals surface area (Å²) < 4.78 is 0.657. The number of carboxylic acids is 1. The highest BCUT2D eigenvalue weighted by molar-refractivity contribution is 7.16. The van der Waals surface area contributed by atoms with Crippen molar-refractivity contribution in [2.45, 2.75) is 25.2 Å². The van der Waals surface area contributed by atoms with E-state index < -0.39 is 11.9 Å². The fourth-order valence-electron chi connectivity index (χ4n) is 2.96. The van der Waals surface area contributed by atoms with Gasteiger partial charge in [0.05, 0.1) is 16.2 Å². The van der Waals surface area contributed by atoms with Gasteiger partial charge in [0.25, 0.3) is 0 Å². The number of halogens is 1. The van der Waals surface area contributed by atoms with E-state index in [4.69, 9.17) is 11.6 Å². The zero-order chi connectivity index (χ0) is 16.6. The van der Waals surface area contributed by atoms with Crippen LogP contribution in [0.5, 0.6) is 0 Å². The van der Waals surface area contributed by atoms with Gasteiger partial charge in [-0.2, -0.15) is 0 Å². The average Bonchev–Trinajstić information content (AvgIpc) is 2.98. The van der Waals surface area contributed by atoms with Crippen molar-refractivity contribution in [2.75, 3.05) is 11.4 Å². The molecule has 1 N–H and O–H groups in total. The summed E-state index contributed by atoms with van der Waals surface area (Å²) in [7, 11) is 0. The Morgan fingerprint density at radius 3 is 2.70 bits per heavy atom. The molecule has 23 heavy (non-hydrogen) atoms. The molecule has 0 spiro atoms. The van der Waals surface area contributed by atoms with Crippen LogP contribution in [-0.4, -0.2) is 23.5 Å². The minimum absolute atomic E-state index is 0.0280. The van der Waals surface area contributed by atoms with Crippen LogP contribution in [0.1, 0.15) is 35.6 Å². The number of benzene rings is 1. The Balaban J connectivity index is 1.92. The Bertz CT molecular complexity index is 758. The van der Waals surface area contributed by atoms with E-state index in [0.717, 1.165) is 4.88 Å². The number of thiophene rings is 1. The van der Waals surface area contributed by atoms with Crippen molar-refractivity contribution < 1.29 is 14.7 Å². The summed E-state index contributed by atoms with van der Waals surface area (Å²) >= 11 is 7.36. The fraction of sp³-hybridized carbons (Fsp3) is 0.294. The van der Waals surface area contributed by atoms with E-state index in [9.17, 15) is 14.7 Å². The molecule has 1 aliphatic rings. The third kappa shape index (κ3) is 2.99. The molecule has 0 aliphatic carbocycles. The molecule has 6 heteroatoms. The van der Waals surface area contributed by atoms with Crippen LogP contribution in [0, 0.1) is 0 Å². The molecule has 0 radical (unpaired) electrons. The lowest BCUT2D eigenvalue weighted by atomic mass is 9.89. The van der Waals surface area contributed by atoms with E-state index in [2.05, 4.69) is 0 Å². The Hall–Kier alpha value is -1.85. The Morgan fingerprint density at radius 1 is 1.30 bits per heavy atom. The molecule has 120 valence electrons. The van der Waals surface area contributed by atoms with E-state index in [1.54, 1.807) is 17.0 Å². The molecule has 2 unspecified atom stereocenters. The van der Waals surface area contributed by atoms with Gasteiger partial charge in [-0.05, 0) is 37.1 Å². The number of hydrogen-bond donors (Lipinski definition) is 1. The molecule has 1 aliphatic heterocycles. The Morgan fingerprint density at radius 2 is 2.04 bits per heavy atom. The molecule has 3 rings (SSSR count). The van der Waals surface area contributed by atoms with Crippen molar-refractivity contribution in [1.29, 1.82) is 0 Å². The molecule has 0 saturated carbocycles. The molecule has 2 atom stereocenters. The number of para-hydroxylation sites is 1. The van der Waals surface area contributed by atoms with Crippen molar-refractivity contribution in [3.8, 4) is 0 Å². The maximum atomic E-state index is 12.9. The van der Waals surface area contributed by atoms with Gasteiger partial charge >= 0.3 is 5.97 Å². The van der Waals surface area contributed by atoms with Gasteiger partial charge in [0.15, 0.2) is 0 Å². The highest BCUT2D eigenvalue weighted by atomic mass is 35.5. The average molecular weight is 350 g/mol. The zero-order valence-electron chi connectivity index (χ0n) is 12.5. The lowest BCUT2D eigenvalue weighted by molar-refractivity contribution is -0.139. The first-order chi connectivity index (χ1) is 11.0. The summed E-state index contributed by atoms with van der Waals surface area (Å²) in [6, 6.07) is 10.9. The maximum Gasteiger partial charge on any atom is 0.311 e. The molecule has 2 aromatic rings. The minimum Gasteiger partial charge on any atom is -0.481 e. The number of aliphatic carboxylic acids is 1. The summed E-state index contributed by atoms with van der Waals surface area (Å²) in [5.74, 6) is -1.73. The lowest BCUT2D eigenvalue weighted by Gasteiger charge is -2.34. The number of fused-ring (bicyclic) bond motifs is 1. The van der Waals surface area contributed by atoms with Crippen LogP contribution in [0.15, 0.2) is 36.4 Å². The number of anilines is 1. The highest BCUT2D eigenvalue weighted by Gasteiger charge is 2.34. The van der Waals surface area contributed by atoms with Crippen molar-refractivity contribution in [3.63, 3.8) is 0 Å². The van der Waals surface area contributed by atoms with Crippen molar-refractivity contribution >= 4 is 40.5 Å². The first-order valence-electron chi connectivity index (χ1n) is 7.37. The molecular weight excluding hydrogens is 334 g/mol. The van der Waals surface area contributed by atoms with Crippen molar-refractivity contribution in [2.24, 2.45) is 0 Å². The van der Waals surface area contributed by atoms with Gasteiger partial charge in [-0.15, -0.1) is 11.3 Å². The summed E-state index contributed by atoms with van der Waals surface area (Å²) in [5, 5.41) is 9.38. The summed E-state index contributed by atoms with van der Waals surface area (Å²) in [6.45, 7) is 2.27. The van der Waals surface area contributed by atoms with Crippen LogP contribution < -0.4 is 4.90 Å². The van der Waals surface area contributed by atoms with Gasteiger partial charge in [0, 0.05) is 17.1 Å². The number of carboxylic acid groups (broad SMARTS) is 1. The van der Waals surface area contributed by atoms with Crippen LogP contribution in [0.4, 0.5) is 5.69 Å². The van der Waals surface area contributed by atoms with Gasteiger partial charge in [0.2, 0.25) is 5.91 Å². The van der Waals surface area contributed by atoms with Crippen LogP contribution in [0.2, 0.25) is 4.34 Å². The third-order valence-corrected chi connectivity index (χ3v) is 5.61. The predicted octanol–water partition coefficient (Wildman–Crippen LogP) is 4.11. The first-order valence-corrected chi connectivity index (χ1v) is 8.57. The second-order valence-corrected chi connectivity index (χ2v) is 7.34. The minimum atomic E-state index is -0.845. The topological polar surface area (TPSA) is 57.6 Å². The normalized spacial score (nSPS) is 18.3. The third-order valence-electron chi connectivity index (χ3n) is 4.20. The number of hydrogen-bond acceptors (Lipinski definition) is 3. The highest BCUT2D eigenvalue weighted by Crippen LogP contribution is 2.38. The van der Waals surface area contributed by atoms with Crippen molar-refractivity contribution in [1.82, 2.24) is 0 Å². The van der Waals surface area contributed by atoms with Crippen LogP contribution in [0.3, 0.4) is 0 Å². The number of carbonyl (C=O) groups excluding carboxylic acids is 1. The van der Waals surface area contributed by atoms with E-state index >= 15 is 0 Å². The van der Waals surface area contributed by atoms with Crippen LogP contribution >= 0.6 is 22.9 Å². The first kappa shape index (κ1) is 16.0. The molecular formula is C17H16ClNO3S. The molecule has 1 amide bonds. The molecule has 0 fully saturated rings. The van der Waals surface area contributed by atoms with Gasteiger partial charge in [0.1, 0.15) is 0 Å². The molecule has 1 aromatic carbocycles. The smallest absolute Gasteiger partial charge is 0.311 e. The SMILES string of the molecule is CC(C(=O)N1CCC(C(=O)O)c2ccccc21)c1ccc(Cl)s1. The second kappa shape index (κ2) is 6.34. The molecule has 0 bridgehead atoms. The predicted molar refractivity (Wildman–Crippen MR) is 91.5 cm³/mol. The van der Waals surface area contributed by atoms with E-state index in [-0.39, 0.29) is 11.8 Å². The number of rotatable bonds is 3. The maximum absolute atomic E-state index is 12.9. The van der Waals surface area contributed by atoms with E-state index in [0.29, 0.717) is 28.6 Å². The van der Waals surface area contributed by atoms with E-state index in [1.807, 2.05) is 31.2 Å². The van der Waals surface area contributed by atoms with Crippen LogP contribution in [-0.2, 0) is 9.59 Å². The molecule has 2 heterocycles. The number of carbonyl (C=O) groups is 2. The molecule has 0 saturated heterocycles. The monoisotopic (exact) mass is 349 g/mol. The van der Waals surface area contributed by atoms with Gasteiger partial charge in [-0.3, -0.25) is 9.59 Å². The molecule has 1 aromatic heterocycles. The fourth-order valence-corrected chi connectivity index (χ4v) is 4.07. The molecule has 4 nitrogen and oxygen atoms in total. The number of nitrogens with zero attached hydrogens (tertiary/aromatic N) is 1. The largest absolute Gasteiger partial charge is 0.481 e. The van der Waals surface area contributed by atoms with Crippen molar-refractivity contribution in [3.05, 3.63) is 51.2 Å². The van der Waals surface area contributed by atoms with Gasteiger partial charge in [-0.1, -0.05) is 29.8 Å². The zero-order valence-corrected chi connectivity index (χ0v) is 14.1. The summed E-state index contributed by atoms with van der Waals surface area (Å²) in [4.78, 5) is 26.9. The second-order valence-electron chi connectivity index (χ2n) is 5.59. The summed E-state index contributed by atoms with van der Waals surface area (Å²) in [6.07, 6.45) is 0.427. The van der Waals surface area contributed by atoms with Gasteiger partial charge < -0.3 is 10.0 Å². The quantitative estimate of drug-likeness (QED) is 0.907. The Labute approximate surface area is 143 Å². The summed E-state index contributed by atoms with van der Waals surface area (Å²) in [5.41, 5.74) is 1.40. The van der Waals surface area contributed by atoms with Gasteiger partial charge in [-0.25, -0.2) is 0 Å². The van der Waals surface area contributed by atoms with Crippen LogP contribution in [0.25, 0.3) is 0 Å². The lowest BCUT2D eigenvalue weighted by Crippen LogP contribution is -2.40.